The maximum atomic E-state index is 4.39. The fraction of sp³-hybridized carbons (Fsp3) is 0.684. The van der Waals surface area contributed by atoms with Gasteiger partial charge < -0.3 is 4.90 Å². The number of piperidine rings is 1. The van der Waals surface area contributed by atoms with Crippen LogP contribution in [0.15, 0.2) is 24.7 Å². The maximum Gasteiger partial charge on any atom is 0.0555 e. The summed E-state index contributed by atoms with van der Waals surface area (Å²) in [6, 6.07) is 2.64. The number of likely N-dealkylation sites (tertiary alicyclic amines) is 1. The summed E-state index contributed by atoms with van der Waals surface area (Å²) < 4.78 is 4.04. The van der Waals surface area contributed by atoms with Crippen LogP contribution in [0, 0.1) is 5.92 Å². The van der Waals surface area contributed by atoms with E-state index < -0.39 is 0 Å². The Labute approximate surface area is 151 Å². The standard InChI is InChI=1S/C19H32N6/c1-5-25-14-16(13-21-25)9-12-22(2)15-17-7-6-11-23(3)19(17)18-8-10-20-24(18)4/h8,10,13-14,17,19H,5-7,9,11-12,15H2,1-4H3/t17-,19+/m0/s1. The van der Waals surface area contributed by atoms with Gasteiger partial charge in [-0.3, -0.25) is 14.3 Å². The summed E-state index contributed by atoms with van der Waals surface area (Å²) in [4.78, 5) is 4.99. The topological polar surface area (TPSA) is 42.1 Å². The van der Waals surface area contributed by atoms with Gasteiger partial charge in [0.15, 0.2) is 0 Å². The maximum absolute atomic E-state index is 4.39. The number of aromatic nitrogens is 4. The molecule has 0 radical (unpaired) electrons. The van der Waals surface area contributed by atoms with Crippen molar-refractivity contribution in [1.82, 2.24) is 29.4 Å². The molecule has 3 heterocycles. The lowest BCUT2D eigenvalue weighted by Crippen LogP contribution is -2.42. The average molecular weight is 345 g/mol. The smallest absolute Gasteiger partial charge is 0.0555 e. The summed E-state index contributed by atoms with van der Waals surface area (Å²) in [6.07, 6.45) is 9.73. The third-order valence-corrected chi connectivity index (χ3v) is 5.51. The summed E-state index contributed by atoms with van der Waals surface area (Å²) in [6.45, 7) is 6.44. The second-order valence-corrected chi connectivity index (χ2v) is 7.42. The lowest BCUT2D eigenvalue weighted by Gasteiger charge is -2.40. The molecule has 138 valence electrons. The van der Waals surface area contributed by atoms with Crippen molar-refractivity contribution < 1.29 is 0 Å². The van der Waals surface area contributed by atoms with Gasteiger partial charge in [0, 0.05) is 39.1 Å². The van der Waals surface area contributed by atoms with Crippen LogP contribution < -0.4 is 0 Å². The van der Waals surface area contributed by atoms with E-state index in [0.29, 0.717) is 12.0 Å². The number of hydrogen-bond acceptors (Lipinski definition) is 4. The second-order valence-electron chi connectivity index (χ2n) is 7.42. The molecule has 6 nitrogen and oxygen atoms in total. The van der Waals surface area contributed by atoms with Crippen LogP contribution in [0.5, 0.6) is 0 Å². The molecule has 0 amide bonds. The van der Waals surface area contributed by atoms with Crippen LogP contribution in [-0.4, -0.2) is 63.1 Å². The van der Waals surface area contributed by atoms with E-state index in [0.717, 1.165) is 26.1 Å². The first-order valence-electron chi connectivity index (χ1n) is 9.46. The van der Waals surface area contributed by atoms with Gasteiger partial charge in [0.25, 0.3) is 0 Å². The van der Waals surface area contributed by atoms with Gasteiger partial charge in [-0.05, 0) is 64.4 Å². The number of nitrogens with zero attached hydrogens (tertiary/aromatic N) is 6. The van der Waals surface area contributed by atoms with Gasteiger partial charge >= 0.3 is 0 Å². The van der Waals surface area contributed by atoms with Gasteiger partial charge in [-0.2, -0.15) is 10.2 Å². The normalized spacial score (nSPS) is 22.0. The molecular formula is C19H32N6. The van der Waals surface area contributed by atoms with Crippen molar-refractivity contribution in [2.45, 2.75) is 38.8 Å². The molecule has 2 aromatic heterocycles. The summed E-state index contributed by atoms with van der Waals surface area (Å²) >= 11 is 0. The van der Waals surface area contributed by atoms with Gasteiger partial charge in [0.2, 0.25) is 0 Å². The van der Waals surface area contributed by atoms with E-state index in [9.17, 15) is 0 Å². The molecule has 2 atom stereocenters. The van der Waals surface area contributed by atoms with Crippen LogP contribution in [0.1, 0.15) is 37.1 Å². The minimum Gasteiger partial charge on any atom is -0.306 e. The highest BCUT2D eigenvalue weighted by Gasteiger charge is 2.32. The number of rotatable bonds is 7. The van der Waals surface area contributed by atoms with Crippen LogP contribution in [0.2, 0.25) is 0 Å². The molecule has 25 heavy (non-hydrogen) atoms. The van der Waals surface area contributed by atoms with Crippen molar-refractivity contribution in [2.75, 3.05) is 33.7 Å². The Morgan fingerprint density at radius 1 is 1.28 bits per heavy atom. The van der Waals surface area contributed by atoms with E-state index in [2.05, 4.69) is 60.3 Å². The molecule has 1 saturated heterocycles. The average Bonchev–Trinajstić information content (AvgIpc) is 3.22. The highest BCUT2D eigenvalue weighted by atomic mass is 15.3. The summed E-state index contributed by atoms with van der Waals surface area (Å²) in [5.74, 6) is 0.650. The third-order valence-electron chi connectivity index (χ3n) is 5.51. The van der Waals surface area contributed by atoms with Crippen LogP contribution in [0.3, 0.4) is 0 Å². The minimum atomic E-state index is 0.464. The zero-order chi connectivity index (χ0) is 17.8. The van der Waals surface area contributed by atoms with E-state index >= 15 is 0 Å². The quantitative estimate of drug-likeness (QED) is 0.772. The Kier molecular flexibility index (Phi) is 5.91. The van der Waals surface area contributed by atoms with E-state index in [-0.39, 0.29) is 0 Å². The monoisotopic (exact) mass is 344 g/mol. The van der Waals surface area contributed by atoms with Gasteiger partial charge in [-0.25, -0.2) is 0 Å². The molecule has 0 bridgehead atoms. The number of likely N-dealkylation sites (N-methyl/N-ethyl adjacent to an activating group) is 1. The Balaban J connectivity index is 1.60. The molecule has 1 fully saturated rings. The summed E-state index contributed by atoms with van der Waals surface area (Å²) in [7, 11) is 6.56. The molecule has 1 aliphatic rings. The second kappa shape index (κ2) is 8.15. The lowest BCUT2D eigenvalue weighted by atomic mass is 9.87. The molecule has 0 saturated carbocycles. The molecule has 2 aromatic rings. The van der Waals surface area contributed by atoms with E-state index in [1.54, 1.807) is 0 Å². The first-order valence-corrected chi connectivity index (χ1v) is 9.46. The van der Waals surface area contributed by atoms with Crippen LogP contribution in [0.25, 0.3) is 0 Å². The van der Waals surface area contributed by atoms with Crippen molar-refractivity contribution in [3.63, 3.8) is 0 Å². The molecule has 0 unspecified atom stereocenters. The fourth-order valence-electron chi connectivity index (χ4n) is 4.11. The van der Waals surface area contributed by atoms with Crippen molar-refractivity contribution in [1.29, 1.82) is 0 Å². The summed E-state index contributed by atoms with van der Waals surface area (Å²) in [5, 5.41) is 8.77. The molecule has 0 aliphatic carbocycles. The van der Waals surface area contributed by atoms with Crippen molar-refractivity contribution >= 4 is 0 Å². The van der Waals surface area contributed by atoms with Crippen molar-refractivity contribution in [3.05, 3.63) is 35.9 Å². The predicted octanol–water partition coefficient (Wildman–Crippen LogP) is 2.19. The van der Waals surface area contributed by atoms with E-state index in [1.807, 2.05) is 21.8 Å². The molecule has 6 heteroatoms. The van der Waals surface area contributed by atoms with Crippen molar-refractivity contribution in [2.24, 2.45) is 13.0 Å². The van der Waals surface area contributed by atoms with Crippen LogP contribution in [-0.2, 0) is 20.0 Å². The fourth-order valence-corrected chi connectivity index (χ4v) is 4.11. The Bertz CT molecular complexity index is 660. The first-order chi connectivity index (χ1) is 12.1. The van der Waals surface area contributed by atoms with Gasteiger partial charge in [0.05, 0.1) is 17.9 Å². The zero-order valence-electron chi connectivity index (χ0n) is 16.1. The Hall–Kier alpha value is -1.66. The van der Waals surface area contributed by atoms with E-state index in [1.165, 1.54) is 30.6 Å². The van der Waals surface area contributed by atoms with Crippen molar-refractivity contribution in [3.8, 4) is 0 Å². The molecule has 3 rings (SSSR count). The molecule has 0 spiro atoms. The van der Waals surface area contributed by atoms with Gasteiger partial charge in [-0.1, -0.05) is 0 Å². The van der Waals surface area contributed by atoms with Gasteiger partial charge in [-0.15, -0.1) is 0 Å². The van der Waals surface area contributed by atoms with E-state index in [4.69, 9.17) is 0 Å². The molecule has 0 N–H and O–H groups in total. The lowest BCUT2D eigenvalue weighted by molar-refractivity contribution is 0.0893. The Morgan fingerprint density at radius 2 is 2.12 bits per heavy atom. The zero-order valence-corrected chi connectivity index (χ0v) is 16.1. The number of hydrogen-bond donors (Lipinski definition) is 0. The highest BCUT2D eigenvalue weighted by molar-refractivity contribution is 5.10. The SMILES string of the molecule is CCn1cc(CCN(C)C[C@@H]2CCCN(C)[C@H]2c2ccnn2C)cn1. The summed E-state index contributed by atoms with van der Waals surface area (Å²) in [5.41, 5.74) is 2.67. The molecule has 1 aliphatic heterocycles. The van der Waals surface area contributed by atoms with Crippen LogP contribution in [0.4, 0.5) is 0 Å². The number of aryl methyl sites for hydroxylation is 2. The van der Waals surface area contributed by atoms with Crippen LogP contribution >= 0.6 is 0 Å². The highest BCUT2D eigenvalue weighted by Crippen LogP contribution is 2.35. The largest absolute Gasteiger partial charge is 0.306 e. The first kappa shape index (κ1) is 18.1. The predicted molar refractivity (Wildman–Crippen MR) is 100 cm³/mol. The molecule has 0 aromatic carbocycles. The minimum absolute atomic E-state index is 0.464. The molecular weight excluding hydrogens is 312 g/mol. The van der Waals surface area contributed by atoms with Gasteiger partial charge in [0.1, 0.15) is 0 Å². The third kappa shape index (κ3) is 4.30. The Morgan fingerprint density at radius 3 is 2.80 bits per heavy atom.